The molecule has 0 aliphatic heterocycles. The number of likely N-dealkylation sites (N-methyl/N-ethyl adjacent to an activating group) is 1. The Bertz CT molecular complexity index is 186. The maximum Gasteiger partial charge on any atom is 0.236 e. The van der Waals surface area contributed by atoms with Gasteiger partial charge in [0.1, 0.15) is 0 Å². The van der Waals surface area contributed by atoms with Crippen molar-refractivity contribution in [2.24, 2.45) is 5.92 Å². The van der Waals surface area contributed by atoms with Crippen LogP contribution in [-0.4, -0.2) is 38.0 Å². The fourth-order valence-corrected chi connectivity index (χ4v) is 2.14. The van der Waals surface area contributed by atoms with Crippen molar-refractivity contribution in [3.8, 4) is 0 Å². The molecule has 15 heavy (non-hydrogen) atoms. The molecule has 1 saturated carbocycles. The van der Waals surface area contributed by atoms with E-state index in [1.807, 2.05) is 0 Å². The normalized spacial score (nSPS) is 17.7. The number of hydrogen-bond acceptors (Lipinski definition) is 2. The quantitative estimate of drug-likeness (QED) is 0.703. The van der Waals surface area contributed by atoms with Gasteiger partial charge in [0.2, 0.25) is 5.91 Å². The van der Waals surface area contributed by atoms with E-state index in [-0.39, 0.29) is 5.91 Å². The molecule has 3 heteroatoms. The Morgan fingerprint density at radius 3 is 2.53 bits per heavy atom. The van der Waals surface area contributed by atoms with Crippen LogP contribution in [0.25, 0.3) is 0 Å². The van der Waals surface area contributed by atoms with Crippen molar-refractivity contribution in [3.63, 3.8) is 0 Å². The molecule has 3 nitrogen and oxygen atoms in total. The lowest BCUT2D eigenvalue weighted by Crippen LogP contribution is -2.33. The second-order valence-corrected chi connectivity index (χ2v) is 4.76. The lowest BCUT2D eigenvalue weighted by Gasteiger charge is -2.21. The van der Waals surface area contributed by atoms with Gasteiger partial charge in [0.25, 0.3) is 0 Å². The Hall–Kier alpha value is -0.570. The molecular weight excluding hydrogens is 188 g/mol. The third-order valence-corrected chi connectivity index (χ3v) is 3.23. The van der Waals surface area contributed by atoms with Gasteiger partial charge in [0.05, 0.1) is 6.54 Å². The zero-order valence-corrected chi connectivity index (χ0v) is 10.1. The summed E-state index contributed by atoms with van der Waals surface area (Å²) in [6, 6.07) is 0. The molecule has 0 radical (unpaired) electrons. The molecule has 0 spiro atoms. The van der Waals surface area contributed by atoms with Gasteiger partial charge < -0.3 is 10.2 Å². The average Bonchev–Trinajstić information content (AvgIpc) is 2.25. The van der Waals surface area contributed by atoms with Crippen LogP contribution in [0.4, 0.5) is 0 Å². The SMILES string of the molecule is CN(C)C(=O)CNCCC1CCCCC1. The number of nitrogens with zero attached hydrogens (tertiary/aromatic N) is 1. The maximum atomic E-state index is 11.3. The summed E-state index contributed by atoms with van der Waals surface area (Å²) in [6.45, 7) is 1.48. The van der Waals surface area contributed by atoms with E-state index in [1.54, 1.807) is 19.0 Å². The zero-order valence-electron chi connectivity index (χ0n) is 10.1. The minimum absolute atomic E-state index is 0.165. The molecule has 0 bridgehead atoms. The van der Waals surface area contributed by atoms with Gasteiger partial charge in [-0.1, -0.05) is 32.1 Å². The largest absolute Gasteiger partial charge is 0.348 e. The second-order valence-electron chi connectivity index (χ2n) is 4.76. The van der Waals surface area contributed by atoms with Crippen molar-refractivity contribution >= 4 is 5.91 Å². The van der Waals surface area contributed by atoms with E-state index in [1.165, 1.54) is 38.5 Å². The monoisotopic (exact) mass is 212 g/mol. The minimum Gasteiger partial charge on any atom is -0.348 e. The van der Waals surface area contributed by atoms with Gasteiger partial charge in [-0.25, -0.2) is 0 Å². The third-order valence-electron chi connectivity index (χ3n) is 3.23. The molecule has 1 rings (SSSR count). The first kappa shape index (κ1) is 12.5. The first-order chi connectivity index (χ1) is 7.20. The maximum absolute atomic E-state index is 11.3. The van der Waals surface area contributed by atoms with Crippen molar-refractivity contribution in [2.45, 2.75) is 38.5 Å². The number of carbonyl (C=O) groups is 1. The Kier molecular flexibility index (Phi) is 5.69. The standard InChI is InChI=1S/C12H24N2O/c1-14(2)12(15)10-13-9-8-11-6-4-3-5-7-11/h11,13H,3-10H2,1-2H3. The summed E-state index contributed by atoms with van der Waals surface area (Å²) in [7, 11) is 3.59. The van der Waals surface area contributed by atoms with E-state index < -0.39 is 0 Å². The lowest BCUT2D eigenvalue weighted by atomic mass is 9.87. The van der Waals surface area contributed by atoms with E-state index in [0.29, 0.717) is 6.54 Å². The smallest absolute Gasteiger partial charge is 0.236 e. The number of carbonyl (C=O) groups excluding carboxylic acids is 1. The number of rotatable bonds is 5. The van der Waals surface area contributed by atoms with Crippen LogP contribution in [0.1, 0.15) is 38.5 Å². The molecule has 0 aromatic heterocycles. The highest BCUT2D eigenvalue weighted by Crippen LogP contribution is 2.25. The molecule has 1 N–H and O–H groups in total. The fourth-order valence-electron chi connectivity index (χ4n) is 2.14. The van der Waals surface area contributed by atoms with E-state index in [9.17, 15) is 4.79 Å². The Labute approximate surface area is 93.2 Å². The van der Waals surface area contributed by atoms with E-state index in [2.05, 4.69) is 5.32 Å². The van der Waals surface area contributed by atoms with Crippen LogP contribution in [-0.2, 0) is 4.79 Å². The van der Waals surface area contributed by atoms with Crippen LogP contribution in [0, 0.1) is 5.92 Å². The highest BCUT2D eigenvalue weighted by atomic mass is 16.2. The van der Waals surface area contributed by atoms with Crippen LogP contribution >= 0.6 is 0 Å². The van der Waals surface area contributed by atoms with E-state index >= 15 is 0 Å². The Morgan fingerprint density at radius 1 is 1.27 bits per heavy atom. The topological polar surface area (TPSA) is 32.3 Å². The van der Waals surface area contributed by atoms with Gasteiger partial charge >= 0.3 is 0 Å². The molecule has 1 aliphatic rings. The summed E-state index contributed by atoms with van der Waals surface area (Å²) in [5.74, 6) is 1.07. The second kappa shape index (κ2) is 6.83. The van der Waals surface area contributed by atoms with Crippen molar-refractivity contribution in [1.29, 1.82) is 0 Å². The van der Waals surface area contributed by atoms with Crippen molar-refractivity contribution in [2.75, 3.05) is 27.2 Å². The first-order valence-electron chi connectivity index (χ1n) is 6.11. The Balaban J connectivity index is 1.98. The van der Waals surface area contributed by atoms with Crippen molar-refractivity contribution in [1.82, 2.24) is 10.2 Å². The minimum atomic E-state index is 0.165. The van der Waals surface area contributed by atoms with Gasteiger partial charge in [-0.15, -0.1) is 0 Å². The molecule has 0 unspecified atom stereocenters. The van der Waals surface area contributed by atoms with Gasteiger partial charge in [-0.2, -0.15) is 0 Å². The molecule has 0 aromatic carbocycles. The third kappa shape index (κ3) is 5.17. The van der Waals surface area contributed by atoms with Gasteiger partial charge in [0.15, 0.2) is 0 Å². The van der Waals surface area contributed by atoms with Crippen LogP contribution < -0.4 is 5.32 Å². The number of amides is 1. The van der Waals surface area contributed by atoms with Crippen molar-refractivity contribution < 1.29 is 4.79 Å². The van der Waals surface area contributed by atoms with E-state index in [0.717, 1.165) is 12.5 Å². The van der Waals surface area contributed by atoms with Crippen molar-refractivity contribution in [3.05, 3.63) is 0 Å². The fraction of sp³-hybridized carbons (Fsp3) is 0.917. The molecular formula is C12H24N2O. The predicted octanol–water partition coefficient (Wildman–Crippen LogP) is 1.63. The summed E-state index contributed by atoms with van der Waals surface area (Å²) >= 11 is 0. The number of hydrogen-bond donors (Lipinski definition) is 1. The summed E-state index contributed by atoms with van der Waals surface area (Å²) in [5.41, 5.74) is 0. The zero-order chi connectivity index (χ0) is 11.1. The number of nitrogens with one attached hydrogen (secondary N) is 1. The van der Waals surface area contributed by atoms with Gasteiger partial charge in [-0.05, 0) is 18.9 Å². The molecule has 0 atom stereocenters. The molecule has 0 heterocycles. The summed E-state index contributed by atoms with van der Waals surface area (Å²) in [6.07, 6.45) is 8.25. The molecule has 1 aliphatic carbocycles. The Morgan fingerprint density at radius 2 is 1.93 bits per heavy atom. The lowest BCUT2D eigenvalue weighted by molar-refractivity contribution is -0.127. The molecule has 0 aromatic rings. The molecule has 0 saturated heterocycles. The van der Waals surface area contributed by atoms with Gasteiger partial charge in [0, 0.05) is 14.1 Å². The molecule has 1 amide bonds. The van der Waals surface area contributed by atoms with Crippen LogP contribution in [0.3, 0.4) is 0 Å². The molecule has 1 fully saturated rings. The predicted molar refractivity (Wildman–Crippen MR) is 62.8 cm³/mol. The van der Waals surface area contributed by atoms with Crippen LogP contribution in [0.2, 0.25) is 0 Å². The van der Waals surface area contributed by atoms with E-state index in [4.69, 9.17) is 0 Å². The molecule has 88 valence electrons. The highest BCUT2D eigenvalue weighted by Gasteiger charge is 2.12. The highest BCUT2D eigenvalue weighted by molar-refractivity contribution is 5.77. The summed E-state index contributed by atoms with van der Waals surface area (Å²) in [5, 5.41) is 3.22. The van der Waals surface area contributed by atoms with Crippen LogP contribution in [0.15, 0.2) is 0 Å². The van der Waals surface area contributed by atoms with Crippen LogP contribution in [0.5, 0.6) is 0 Å². The first-order valence-corrected chi connectivity index (χ1v) is 6.11. The van der Waals surface area contributed by atoms with Gasteiger partial charge in [-0.3, -0.25) is 4.79 Å². The summed E-state index contributed by atoms with van der Waals surface area (Å²) < 4.78 is 0. The summed E-state index contributed by atoms with van der Waals surface area (Å²) in [4.78, 5) is 12.9. The average molecular weight is 212 g/mol.